The van der Waals surface area contributed by atoms with Gasteiger partial charge in [0.15, 0.2) is 0 Å². The van der Waals surface area contributed by atoms with Crippen molar-refractivity contribution in [3.8, 4) is 0 Å². The number of carbonyl (C=O) groups excluding carboxylic acids is 1. The quantitative estimate of drug-likeness (QED) is 0.469. The van der Waals surface area contributed by atoms with Crippen LogP contribution in [0.4, 0.5) is 0 Å². The maximum Gasteiger partial charge on any atom is 0.220 e. The predicted octanol–water partition coefficient (Wildman–Crippen LogP) is -0.658. The first-order valence-electron chi connectivity index (χ1n) is 3.83. The van der Waals surface area contributed by atoms with Crippen LogP contribution in [-0.4, -0.2) is 25.5 Å². The number of piperidine rings is 1. The molecule has 10 heavy (non-hydrogen) atoms. The van der Waals surface area contributed by atoms with Crippen LogP contribution in [0.5, 0.6) is 0 Å². The van der Waals surface area contributed by atoms with Gasteiger partial charge in [-0.2, -0.15) is 0 Å². The van der Waals surface area contributed by atoms with Crippen LogP contribution in [0.2, 0.25) is 0 Å². The van der Waals surface area contributed by atoms with Crippen molar-refractivity contribution in [1.29, 1.82) is 0 Å². The van der Waals surface area contributed by atoms with Crippen molar-refractivity contribution in [2.45, 2.75) is 6.42 Å². The molecule has 0 aromatic heterocycles. The summed E-state index contributed by atoms with van der Waals surface area (Å²) in [6, 6.07) is 0. The van der Waals surface area contributed by atoms with E-state index in [0.717, 1.165) is 26.1 Å². The Morgan fingerprint density at radius 1 is 1.20 bits per heavy atom. The molecule has 0 saturated carbocycles. The fourth-order valence-electron chi connectivity index (χ4n) is 1.82. The van der Waals surface area contributed by atoms with Gasteiger partial charge in [0, 0.05) is 13.0 Å². The summed E-state index contributed by atoms with van der Waals surface area (Å²) >= 11 is 0. The van der Waals surface area contributed by atoms with Crippen molar-refractivity contribution in [1.82, 2.24) is 10.6 Å². The summed E-state index contributed by atoms with van der Waals surface area (Å²) in [6.07, 6.45) is 0.734. The standard InChI is InChI=1S/C7H12N2O/c10-7-1-5-2-8-3-6(5)4-9-7/h5-6,8H,1-4H2,(H,9,10). The summed E-state index contributed by atoms with van der Waals surface area (Å²) in [4.78, 5) is 10.9. The average Bonchev–Trinajstić information content (AvgIpc) is 2.33. The van der Waals surface area contributed by atoms with E-state index < -0.39 is 0 Å². The van der Waals surface area contributed by atoms with Crippen molar-refractivity contribution >= 4 is 5.91 Å². The molecule has 3 nitrogen and oxygen atoms in total. The van der Waals surface area contributed by atoms with Crippen LogP contribution >= 0.6 is 0 Å². The Morgan fingerprint density at radius 3 is 2.90 bits per heavy atom. The van der Waals surface area contributed by atoms with Crippen LogP contribution in [0.25, 0.3) is 0 Å². The van der Waals surface area contributed by atoms with E-state index in [9.17, 15) is 4.79 Å². The smallest absolute Gasteiger partial charge is 0.220 e. The van der Waals surface area contributed by atoms with E-state index in [1.807, 2.05) is 0 Å². The zero-order valence-corrected chi connectivity index (χ0v) is 5.89. The summed E-state index contributed by atoms with van der Waals surface area (Å²) in [7, 11) is 0. The topological polar surface area (TPSA) is 41.1 Å². The monoisotopic (exact) mass is 140 g/mol. The van der Waals surface area contributed by atoms with Gasteiger partial charge in [-0.25, -0.2) is 0 Å². The SMILES string of the molecule is O=C1CC2CNCC2CN1. The minimum Gasteiger partial charge on any atom is -0.356 e. The second-order valence-corrected chi connectivity index (χ2v) is 3.19. The number of nitrogens with one attached hydrogen (secondary N) is 2. The highest BCUT2D eigenvalue weighted by atomic mass is 16.1. The summed E-state index contributed by atoms with van der Waals surface area (Å²) in [5.41, 5.74) is 0. The molecule has 2 fully saturated rings. The third-order valence-electron chi connectivity index (χ3n) is 2.49. The van der Waals surface area contributed by atoms with Crippen LogP contribution in [0.1, 0.15) is 6.42 Å². The van der Waals surface area contributed by atoms with E-state index in [-0.39, 0.29) is 5.91 Å². The molecule has 2 rings (SSSR count). The zero-order valence-electron chi connectivity index (χ0n) is 5.89. The van der Waals surface area contributed by atoms with Crippen molar-refractivity contribution < 1.29 is 4.79 Å². The lowest BCUT2D eigenvalue weighted by molar-refractivity contribution is -0.124. The molecule has 3 heteroatoms. The van der Waals surface area contributed by atoms with Gasteiger partial charge in [-0.1, -0.05) is 0 Å². The van der Waals surface area contributed by atoms with E-state index in [2.05, 4.69) is 10.6 Å². The predicted molar refractivity (Wildman–Crippen MR) is 37.5 cm³/mol. The summed E-state index contributed by atoms with van der Waals surface area (Å²) < 4.78 is 0. The van der Waals surface area contributed by atoms with Gasteiger partial charge in [0.2, 0.25) is 5.91 Å². The second-order valence-electron chi connectivity index (χ2n) is 3.19. The molecule has 56 valence electrons. The molecule has 2 unspecified atom stereocenters. The molecule has 0 aliphatic carbocycles. The van der Waals surface area contributed by atoms with E-state index >= 15 is 0 Å². The average molecular weight is 140 g/mol. The Labute approximate surface area is 60.2 Å². The van der Waals surface area contributed by atoms with Crippen molar-refractivity contribution in [2.24, 2.45) is 11.8 Å². The largest absolute Gasteiger partial charge is 0.356 e. The Bertz CT molecular complexity index is 158. The maximum absolute atomic E-state index is 10.9. The molecule has 2 N–H and O–H groups in total. The van der Waals surface area contributed by atoms with Gasteiger partial charge in [0.05, 0.1) is 0 Å². The van der Waals surface area contributed by atoms with Crippen LogP contribution in [0.3, 0.4) is 0 Å². The number of carbonyl (C=O) groups is 1. The number of fused-ring (bicyclic) bond motifs is 1. The number of amides is 1. The molecule has 2 saturated heterocycles. The third-order valence-corrected chi connectivity index (χ3v) is 2.49. The van der Waals surface area contributed by atoms with Gasteiger partial charge in [-0.3, -0.25) is 4.79 Å². The van der Waals surface area contributed by atoms with Crippen molar-refractivity contribution in [3.05, 3.63) is 0 Å². The van der Waals surface area contributed by atoms with Gasteiger partial charge in [-0.05, 0) is 24.9 Å². The minimum atomic E-state index is 0.227. The number of hydrogen-bond donors (Lipinski definition) is 2. The lowest BCUT2D eigenvalue weighted by Crippen LogP contribution is -2.39. The molecule has 2 heterocycles. The van der Waals surface area contributed by atoms with Gasteiger partial charge in [0.25, 0.3) is 0 Å². The Hall–Kier alpha value is -0.570. The highest BCUT2D eigenvalue weighted by Crippen LogP contribution is 2.22. The summed E-state index contributed by atoms with van der Waals surface area (Å²) in [6.45, 7) is 3.01. The normalized spacial score (nSPS) is 39.0. The zero-order chi connectivity index (χ0) is 6.97. The molecular weight excluding hydrogens is 128 g/mol. The lowest BCUT2D eigenvalue weighted by atomic mass is 9.89. The molecule has 1 amide bonds. The van der Waals surface area contributed by atoms with Gasteiger partial charge >= 0.3 is 0 Å². The highest BCUT2D eigenvalue weighted by Gasteiger charge is 2.32. The van der Waals surface area contributed by atoms with Gasteiger partial charge in [-0.15, -0.1) is 0 Å². The van der Waals surface area contributed by atoms with Crippen LogP contribution in [0, 0.1) is 11.8 Å². The second kappa shape index (κ2) is 2.23. The Kier molecular flexibility index (Phi) is 1.38. The van der Waals surface area contributed by atoms with E-state index in [1.165, 1.54) is 0 Å². The summed E-state index contributed by atoms with van der Waals surface area (Å²) in [5.74, 6) is 1.55. The van der Waals surface area contributed by atoms with E-state index in [1.54, 1.807) is 0 Å². The molecule has 0 radical (unpaired) electrons. The van der Waals surface area contributed by atoms with Crippen LogP contribution < -0.4 is 10.6 Å². The summed E-state index contributed by atoms with van der Waals surface area (Å²) in [5, 5.41) is 6.17. The van der Waals surface area contributed by atoms with Gasteiger partial charge in [0.1, 0.15) is 0 Å². The fraction of sp³-hybridized carbons (Fsp3) is 0.857. The van der Waals surface area contributed by atoms with Gasteiger partial charge < -0.3 is 10.6 Å². The Morgan fingerprint density at radius 2 is 2.00 bits per heavy atom. The van der Waals surface area contributed by atoms with Crippen LogP contribution in [-0.2, 0) is 4.79 Å². The number of hydrogen-bond acceptors (Lipinski definition) is 2. The minimum absolute atomic E-state index is 0.227. The first kappa shape index (κ1) is 6.16. The van der Waals surface area contributed by atoms with Crippen molar-refractivity contribution in [2.75, 3.05) is 19.6 Å². The van der Waals surface area contributed by atoms with Crippen molar-refractivity contribution in [3.63, 3.8) is 0 Å². The van der Waals surface area contributed by atoms with E-state index in [0.29, 0.717) is 11.8 Å². The molecule has 0 aromatic rings. The molecule has 2 aliphatic rings. The highest BCUT2D eigenvalue weighted by molar-refractivity contribution is 5.77. The van der Waals surface area contributed by atoms with Crippen LogP contribution in [0.15, 0.2) is 0 Å². The molecule has 0 spiro atoms. The molecule has 2 atom stereocenters. The lowest BCUT2D eigenvalue weighted by Gasteiger charge is -2.23. The molecule has 0 aromatic carbocycles. The number of rotatable bonds is 0. The fourth-order valence-corrected chi connectivity index (χ4v) is 1.82. The Balaban J connectivity index is 2.03. The maximum atomic E-state index is 10.9. The van der Waals surface area contributed by atoms with E-state index in [4.69, 9.17) is 0 Å². The first-order valence-corrected chi connectivity index (χ1v) is 3.83. The molecule has 0 bridgehead atoms. The molecular formula is C7H12N2O. The third kappa shape index (κ3) is 0.904. The molecule has 2 aliphatic heterocycles. The first-order chi connectivity index (χ1) is 4.86.